The predicted octanol–water partition coefficient (Wildman–Crippen LogP) is 4.82. The van der Waals surface area contributed by atoms with Crippen LogP contribution in [0.4, 0.5) is 8.78 Å². The largest absolute Gasteiger partial charge is 0.488 e. The first-order valence-electron chi connectivity index (χ1n) is 8.21. The SMILES string of the molecule is CC=C(C(=O)O)c1ccccc1COc1ccc(F)c(OCCC)c1F. The Balaban J connectivity index is 2.26. The number of halogens is 2. The van der Waals surface area contributed by atoms with E-state index in [4.69, 9.17) is 9.47 Å². The Morgan fingerprint density at radius 3 is 2.54 bits per heavy atom. The summed E-state index contributed by atoms with van der Waals surface area (Å²) >= 11 is 0. The lowest BCUT2D eigenvalue weighted by Gasteiger charge is -2.14. The Morgan fingerprint density at radius 1 is 1.15 bits per heavy atom. The quantitative estimate of drug-likeness (QED) is 0.684. The van der Waals surface area contributed by atoms with E-state index in [-0.39, 0.29) is 24.5 Å². The van der Waals surface area contributed by atoms with Gasteiger partial charge in [-0.25, -0.2) is 9.18 Å². The molecule has 26 heavy (non-hydrogen) atoms. The molecule has 0 amide bonds. The minimum absolute atomic E-state index is 0.0729. The van der Waals surface area contributed by atoms with Gasteiger partial charge in [0.25, 0.3) is 0 Å². The number of aliphatic carboxylic acids is 1. The minimum Gasteiger partial charge on any atom is -0.488 e. The summed E-state index contributed by atoms with van der Waals surface area (Å²) in [6.07, 6.45) is 2.09. The highest BCUT2D eigenvalue weighted by atomic mass is 19.1. The second kappa shape index (κ2) is 8.99. The molecule has 138 valence electrons. The number of carboxylic acids is 1. The summed E-state index contributed by atoms with van der Waals surface area (Å²) in [4.78, 5) is 11.4. The molecule has 2 aromatic rings. The van der Waals surface area contributed by atoms with Gasteiger partial charge in [0.15, 0.2) is 17.3 Å². The molecule has 0 aromatic heterocycles. The minimum atomic E-state index is -1.07. The van der Waals surface area contributed by atoms with Gasteiger partial charge < -0.3 is 14.6 Å². The molecule has 4 nitrogen and oxygen atoms in total. The lowest BCUT2D eigenvalue weighted by atomic mass is 10.00. The lowest BCUT2D eigenvalue weighted by Crippen LogP contribution is -2.07. The highest BCUT2D eigenvalue weighted by molar-refractivity contribution is 6.15. The summed E-state index contributed by atoms with van der Waals surface area (Å²) in [6.45, 7) is 3.56. The zero-order chi connectivity index (χ0) is 19.1. The molecule has 2 aromatic carbocycles. The number of hydrogen-bond donors (Lipinski definition) is 1. The van der Waals surface area contributed by atoms with Gasteiger partial charge in [0.1, 0.15) is 6.61 Å². The Hall–Kier alpha value is -2.89. The van der Waals surface area contributed by atoms with Crippen molar-refractivity contribution in [2.24, 2.45) is 0 Å². The molecule has 2 rings (SSSR count). The van der Waals surface area contributed by atoms with E-state index in [0.29, 0.717) is 17.5 Å². The highest BCUT2D eigenvalue weighted by Gasteiger charge is 2.18. The van der Waals surface area contributed by atoms with E-state index in [1.165, 1.54) is 12.1 Å². The molecule has 0 unspecified atom stereocenters. The normalized spacial score (nSPS) is 11.3. The van der Waals surface area contributed by atoms with Crippen LogP contribution < -0.4 is 9.47 Å². The third-order valence-electron chi connectivity index (χ3n) is 3.67. The molecule has 0 atom stereocenters. The van der Waals surface area contributed by atoms with Gasteiger partial charge in [-0.05, 0) is 36.6 Å². The highest BCUT2D eigenvalue weighted by Crippen LogP contribution is 2.31. The second-order valence-electron chi connectivity index (χ2n) is 5.49. The van der Waals surface area contributed by atoms with E-state index < -0.39 is 23.4 Å². The number of carboxylic acid groups (broad SMARTS) is 1. The van der Waals surface area contributed by atoms with Crippen molar-refractivity contribution in [1.29, 1.82) is 0 Å². The predicted molar refractivity (Wildman–Crippen MR) is 94.2 cm³/mol. The van der Waals surface area contributed by atoms with Crippen molar-refractivity contribution in [2.45, 2.75) is 26.9 Å². The molecule has 0 aliphatic carbocycles. The van der Waals surface area contributed by atoms with Crippen molar-refractivity contribution < 1.29 is 28.2 Å². The van der Waals surface area contributed by atoms with E-state index in [0.717, 1.165) is 6.07 Å². The van der Waals surface area contributed by atoms with E-state index in [9.17, 15) is 18.7 Å². The third-order valence-corrected chi connectivity index (χ3v) is 3.67. The van der Waals surface area contributed by atoms with Crippen molar-refractivity contribution in [3.8, 4) is 11.5 Å². The lowest BCUT2D eigenvalue weighted by molar-refractivity contribution is -0.130. The molecule has 0 spiro atoms. The van der Waals surface area contributed by atoms with Crippen LogP contribution in [0.1, 0.15) is 31.4 Å². The molecule has 0 aliphatic rings. The number of ether oxygens (including phenoxy) is 2. The monoisotopic (exact) mass is 362 g/mol. The molecule has 6 heteroatoms. The van der Waals surface area contributed by atoms with Crippen LogP contribution in [0.3, 0.4) is 0 Å². The summed E-state index contributed by atoms with van der Waals surface area (Å²) in [5.74, 6) is -3.42. The molecule has 0 aliphatic heterocycles. The summed E-state index contributed by atoms with van der Waals surface area (Å²) in [5, 5.41) is 9.30. The van der Waals surface area contributed by atoms with E-state index in [1.54, 1.807) is 31.2 Å². The average Bonchev–Trinajstić information content (AvgIpc) is 2.62. The van der Waals surface area contributed by atoms with Crippen LogP contribution in [0.15, 0.2) is 42.5 Å². The van der Waals surface area contributed by atoms with E-state index in [1.807, 2.05) is 6.92 Å². The topological polar surface area (TPSA) is 55.8 Å². The summed E-state index contributed by atoms with van der Waals surface area (Å²) in [7, 11) is 0. The zero-order valence-electron chi connectivity index (χ0n) is 14.6. The van der Waals surface area contributed by atoms with Gasteiger partial charge in [-0.2, -0.15) is 4.39 Å². The van der Waals surface area contributed by atoms with Gasteiger partial charge in [0.2, 0.25) is 5.82 Å². The van der Waals surface area contributed by atoms with Crippen LogP contribution in [0, 0.1) is 11.6 Å². The van der Waals surface area contributed by atoms with Crippen LogP contribution in [0.25, 0.3) is 5.57 Å². The van der Waals surface area contributed by atoms with Crippen molar-refractivity contribution >= 4 is 11.5 Å². The van der Waals surface area contributed by atoms with Crippen molar-refractivity contribution in [1.82, 2.24) is 0 Å². The molecule has 0 radical (unpaired) electrons. The van der Waals surface area contributed by atoms with Crippen LogP contribution in [0.2, 0.25) is 0 Å². The van der Waals surface area contributed by atoms with Gasteiger partial charge in [-0.15, -0.1) is 0 Å². The smallest absolute Gasteiger partial charge is 0.335 e. The first-order chi connectivity index (χ1) is 12.5. The Labute approximate surface area is 150 Å². The molecule has 1 N–H and O–H groups in total. The fraction of sp³-hybridized carbons (Fsp3) is 0.250. The van der Waals surface area contributed by atoms with Crippen molar-refractivity contribution in [2.75, 3.05) is 6.61 Å². The molecule has 0 saturated carbocycles. The number of benzene rings is 2. The summed E-state index contributed by atoms with van der Waals surface area (Å²) in [6, 6.07) is 9.04. The first-order valence-corrected chi connectivity index (χ1v) is 8.21. The molecular formula is C20H20F2O4. The average molecular weight is 362 g/mol. The first kappa shape index (κ1) is 19.4. The number of hydrogen-bond acceptors (Lipinski definition) is 3. The summed E-state index contributed by atoms with van der Waals surface area (Å²) < 4.78 is 38.7. The fourth-order valence-corrected chi connectivity index (χ4v) is 2.42. The van der Waals surface area contributed by atoms with Gasteiger partial charge in [0, 0.05) is 0 Å². The number of carbonyl (C=O) groups is 1. The van der Waals surface area contributed by atoms with E-state index in [2.05, 4.69) is 0 Å². The van der Waals surface area contributed by atoms with Crippen molar-refractivity contribution in [3.63, 3.8) is 0 Å². The second-order valence-corrected chi connectivity index (χ2v) is 5.49. The van der Waals surface area contributed by atoms with Crippen molar-refractivity contribution in [3.05, 3.63) is 65.2 Å². The molecule has 0 bridgehead atoms. The van der Waals surface area contributed by atoms with Crippen LogP contribution >= 0.6 is 0 Å². The van der Waals surface area contributed by atoms with Gasteiger partial charge in [-0.1, -0.05) is 37.3 Å². The fourth-order valence-electron chi connectivity index (χ4n) is 2.42. The van der Waals surface area contributed by atoms with Gasteiger partial charge in [-0.3, -0.25) is 0 Å². The Kier molecular flexibility index (Phi) is 6.72. The van der Waals surface area contributed by atoms with Gasteiger partial charge >= 0.3 is 5.97 Å². The number of rotatable bonds is 8. The molecule has 0 saturated heterocycles. The van der Waals surface area contributed by atoms with Crippen LogP contribution in [-0.2, 0) is 11.4 Å². The molecular weight excluding hydrogens is 342 g/mol. The molecule has 0 fully saturated rings. The number of allylic oxidation sites excluding steroid dienone is 1. The van der Waals surface area contributed by atoms with Crippen LogP contribution in [0.5, 0.6) is 11.5 Å². The zero-order valence-corrected chi connectivity index (χ0v) is 14.6. The van der Waals surface area contributed by atoms with E-state index >= 15 is 0 Å². The summed E-state index contributed by atoms with van der Waals surface area (Å²) in [5.41, 5.74) is 1.17. The maximum atomic E-state index is 14.4. The Bertz CT molecular complexity index is 815. The standard InChI is InChI=1S/C20H20F2O4/c1-3-11-25-19-16(21)9-10-17(18(19)22)26-12-13-7-5-6-8-15(13)14(4-2)20(23)24/h4-10H,3,11-12H2,1-2H3,(H,23,24). The van der Waals surface area contributed by atoms with Crippen LogP contribution in [-0.4, -0.2) is 17.7 Å². The maximum Gasteiger partial charge on any atom is 0.335 e. The van der Waals surface area contributed by atoms with Gasteiger partial charge in [0.05, 0.1) is 12.2 Å². The maximum absolute atomic E-state index is 14.4. The molecule has 0 heterocycles. The third kappa shape index (κ3) is 4.39. The Morgan fingerprint density at radius 2 is 1.88 bits per heavy atom.